The normalized spacial score (nSPS) is 10.0. The van der Waals surface area contributed by atoms with Crippen molar-refractivity contribution in [2.75, 3.05) is 10.6 Å². The molecule has 4 nitrogen and oxygen atoms in total. The van der Waals surface area contributed by atoms with Gasteiger partial charge in [0.15, 0.2) is 0 Å². The van der Waals surface area contributed by atoms with Crippen molar-refractivity contribution >= 4 is 11.4 Å². The average molecular weight is 248 g/mol. The van der Waals surface area contributed by atoms with E-state index in [1.807, 2.05) is 48.5 Å². The number of nitrogens with zero attached hydrogens (tertiary/aromatic N) is 2. The summed E-state index contributed by atoms with van der Waals surface area (Å²) in [7, 11) is 0. The molecule has 0 aliphatic heterocycles. The number of anilines is 2. The average Bonchev–Trinajstić information content (AvgIpc) is 2.48. The van der Waals surface area contributed by atoms with E-state index in [0.717, 1.165) is 0 Å². The molecule has 2 N–H and O–H groups in total. The lowest BCUT2D eigenvalue weighted by molar-refractivity contribution is 0.849. The first-order chi connectivity index (χ1) is 9.28. The molecule has 0 bridgehead atoms. The summed E-state index contributed by atoms with van der Waals surface area (Å²) in [5.41, 5.74) is -0.0917. The van der Waals surface area contributed by atoms with Gasteiger partial charge < -0.3 is 10.6 Å². The maximum Gasteiger partial charge on any atom is 0.287 e. The Bertz CT molecular complexity index is 551. The summed E-state index contributed by atoms with van der Waals surface area (Å²) in [5.74, 6) is 0. The summed E-state index contributed by atoms with van der Waals surface area (Å²) < 4.78 is 0. The van der Waals surface area contributed by atoms with Gasteiger partial charge in [0.2, 0.25) is 0 Å². The summed E-state index contributed by atoms with van der Waals surface area (Å²) in [6.07, 6.45) is 0. The van der Waals surface area contributed by atoms with Gasteiger partial charge in [-0.1, -0.05) is 36.4 Å². The van der Waals surface area contributed by atoms with E-state index in [1.165, 1.54) is 0 Å². The molecule has 0 aromatic heterocycles. The van der Waals surface area contributed by atoms with E-state index >= 15 is 0 Å². The molecule has 0 saturated heterocycles. The van der Waals surface area contributed by atoms with Crippen molar-refractivity contribution in [1.29, 1.82) is 10.5 Å². The number of benzene rings is 2. The molecule has 0 aliphatic carbocycles. The van der Waals surface area contributed by atoms with Gasteiger partial charge in [0.25, 0.3) is 5.66 Å². The van der Waals surface area contributed by atoms with Gasteiger partial charge in [-0.2, -0.15) is 10.5 Å². The van der Waals surface area contributed by atoms with Crippen LogP contribution in [-0.4, -0.2) is 5.66 Å². The molecule has 0 aliphatic rings. The van der Waals surface area contributed by atoms with Crippen LogP contribution in [0.2, 0.25) is 0 Å². The molecule has 0 heterocycles. The van der Waals surface area contributed by atoms with Gasteiger partial charge in [0.1, 0.15) is 12.1 Å². The molecule has 19 heavy (non-hydrogen) atoms. The molecule has 2 rings (SSSR count). The third-order valence-electron chi connectivity index (χ3n) is 2.55. The highest BCUT2D eigenvalue weighted by Crippen LogP contribution is 2.17. The SMILES string of the molecule is N#CC(C#N)(Nc1ccccc1)Nc1ccccc1. The molecule has 4 heteroatoms. The summed E-state index contributed by atoms with van der Waals surface area (Å²) in [5, 5.41) is 24.4. The molecule has 2 aromatic carbocycles. The number of nitriles is 2. The maximum absolute atomic E-state index is 9.30. The quantitative estimate of drug-likeness (QED) is 0.816. The Morgan fingerprint density at radius 2 is 1.05 bits per heavy atom. The first-order valence-electron chi connectivity index (χ1n) is 5.77. The zero-order valence-corrected chi connectivity index (χ0v) is 10.2. The summed E-state index contributed by atoms with van der Waals surface area (Å²) in [4.78, 5) is 0. The smallest absolute Gasteiger partial charge is 0.287 e. The van der Waals surface area contributed by atoms with E-state index in [4.69, 9.17) is 0 Å². The second kappa shape index (κ2) is 5.57. The summed E-state index contributed by atoms with van der Waals surface area (Å²) >= 11 is 0. The van der Waals surface area contributed by atoms with E-state index in [9.17, 15) is 10.5 Å². The predicted octanol–water partition coefficient (Wildman–Crippen LogP) is 2.95. The van der Waals surface area contributed by atoms with Crippen molar-refractivity contribution in [3.05, 3.63) is 60.7 Å². The first-order valence-corrected chi connectivity index (χ1v) is 5.77. The van der Waals surface area contributed by atoms with Gasteiger partial charge in [-0.3, -0.25) is 0 Å². The summed E-state index contributed by atoms with van der Waals surface area (Å²) in [6, 6.07) is 22.3. The van der Waals surface area contributed by atoms with Gasteiger partial charge in [0.05, 0.1) is 0 Å². The largest absolute Gasteiger partial charge is 0.339 e. The van der Waals surface area contributed by atoms with Crippen molar-refractivity contribution in [2.45, 2.75) is 5.66 Å². The molecule has 0 saturated carbocycles. The zero-order valence-electron chi connectivity index (χ0n) is 10.2. The van der Waals surface area contributed by atoms with Crippen LogP contribution in [0, 0.1) is 22.7 Å². The minimum Gasteiger partial charge on any atom is -0.339 e. The second-order valence-electron chi connectivity index (χ2n) is 3.96. The zero-order chi connectivity index (χ0) is 13.6. The summed E-state index contributed by atoms with van der Waals surface area (Å²) in [6.45, 7) is 0. The van der Waals surface area contributed by atoms with E-state index in [1.54, 1.807) is 24.3 Å². The van der Waals surface area contributed by atoms with Crippen LogP contribution in [0.25, 0.3) is 0 Å². The molecule has 0 radical (unpaired) electrons. The highest BCUT2D eigenvalue weighted by molar-refractivity contribution is 5.58. The maximum atomic E-state index is 9.30. The minimum atomic E-state index is -1.50. The van der Waals surface area contributed by atoms with Crippen molar-refractivity contribution in [3.63, 3.8) is 0 Å². The van der Waals surface area contributed by atoms with Crippen molar-refractivity contribution in [1.82, 2.24) is 0 Å². The van der Waals surface area contributed by atoms with E-state index < -0.39 is 5.66 Å². The molecule has 0 fully saturated rings. The lowest BCUT2D eigenvalue weighted by atomic mass is 10.1. The molecule has 92 valence electrons. The van der Waals surface area contributed by atoms with Gasteiger partial charge in [-0.25, -0.2) is 0 Å². The van der Waals surface area contributed by atoms with Crippen LogP contribution in [0.4, 0.5) is 11.4 Å². The van der Waals surface area contributed by atoms with Crippen LogP contribution in [0.5, 0.6) is 0 Å². The van der Waals surface area contributed by atoms with Crippen LogP contribution >= 0.6 is 0 Å². The Morgan fingerprint density at radius 1 is 0.684 bits per heavy atom. The Morgan fingerprint density at radius 3 is 1.37 bits per heavy atom. The van der Waals surface area contributed by atoms with Gasteiger partial charge in [-0.05, 0) is 24.3 Å². The topological polar surface area (TPSA) is 71.6 Å². The predicted molar refractivity (Wildman–Crippen MR) is 74.1 cm³/mol. The molecule has 0 spiro atoms. The molecular formula is C15H12N4. The van der Waals surface area contributed by atoms with E-state index in [2.05, 4.69) is 10.6 Å². The highest BCUT2D eigenvalue weighted by atomic mass is 15.2. The Kier molecular flexibility index (Phi) is 3.66. The Labute approximate surface area is 111 Å². The number of para-hydroxylation sites is 2. The monoisotopic (exact) mass is 248 g/mol. The molecular weight excluding hydrogens is 236 g/mol. The highest BCUT2D eigenvalue weighted by Gasteiger charge is 2.29. The van der Waals surface area contributed by atoms with Crippen molar-refractivity contribution in [2.24, 2.45) is 0 Å². The second-order valence-corrected chi connectivity index (χ2v) is 3.96. The van der Waals surface area contributed by atoms with Crippen LogP contribution in [0.3, 0.4) is 0 Å². The van der Waals surface area contributed by atoms with Crippen LogP contribution < -0.4 is 10.6 Å². The molecule has 2 aromatic rings. The van der Waals surface area contributed by atoms with Gasteiger partial charge in [0, 0.05) is 11.4 Å². The fraction of sp³-hybridized carbons (Fsp3) is 0.0667. The number of hydrogen-bond acceptors (Lipinski definition) is 4. The third kappa shape index (κ3) is 3.02. The van der Waals surface area contributed by atoms with Crippen molar-refractivity contribution < 1.29 is 0 Å². The number of nitrogens with one attached hydrogen (secondary N) is 2. The Hall–Kier alpha value is -2.98. The van der Waals surface area contributed by atoms with Gasteiger partial charge in [-0.15, -0.1) is 0 Å². The fourth-order valence-corrected chi connectivity index (χ4v) is 1.64. The molecule has 0 amide bonds. The minimum absolute atomic E-state index is 0.703. The molecule has 0 unspecified atom stereocenters. The lowest BCUT2D eigenvalue weighted by Crippen LogP contribution is -2.43. The number of hydrogen-bond donors (Lipinski definition) is 2. The van der Waals surface area contributed by atoms with Crippen molar-refractivity contribution in [3.8, 4) is 12.1 Å². The molecule has 0 atom stereocenters. The van der Waals surface area contributed by atoms with Gasteiger partial charge >= 0.3 is 0 Å². The van der Waals surface area contributed by atoms with E-state index in [0.29, 0.717) is 11.4 Å². The van der Waals surface area contributed by atoms with Crippen LogP contribution in [-0.2, 0) is 0 Å². The van der Waals surface area contributed by atoms with Crippen LogP contribution in [0.1, 0.15) is 0 Å². The fourth-order valence-electron chi connectivity index (χ4n) is 1.64. The number of rotatable bonds is 4. The lowest BCUT2D eigenvalue weighted by Gasteiger charge is -2.23. The third-order valence-corrected chi connectivity index (χ3v) is 2.55. The Balaban J connectivity index is 2.24. The first kappa shape index (κ1) is 12.5. The standard InChI is InChI=1S/C15H12N4/c16-11-15(12-17,18-13-7-3-1-4-8-13)19-14-9-5-2-6-10-14/h1-10,18-19H. The van der Waals surface area contributed by atoms with E-state index in [-0.39, 0.29) is 0 Å². The van der Waals surface area contributed by atoms with Crippen LogP contribution in [0.15, 0.2) is 60.7 Å².